The SMILES string of the molecule is Cc1cc(NCc2c(C)cccc2Cl)c2cccc(C(N)=O)c2n1. The number of amides is 1. The molecule has 4 nitrogen and oxygen atoms in total. The van der Waals surface area contributed by atoms with Gasteiger partial charge in [0.25, 0.3) is 5.91 Å². The van der Waals surface area contributed by atoms with Crippen LogP contribution in [-0.2, 0) is 6.54 Å². The van der Waals surface area contributed by atoms with Gasteiger partial charge < -0.3 is 11.1 Å². The van der Waals surface area contributed by atoms with Crippen LogP contribution in [0.4, 0.5) is 5.69 Å². The first kappa shape index (κ1) is 16.3. The largest absolute Gasteiger partial charge is 0.380 e. The number of aromatic nitrogens is 1. The Morgan fingerprint density at radius 2 is 1.96 bits per heavy atom. The standard InChI is InChI=1S/C19H18ClN3O/c1-11-5-3-8-16(20)15(11)10-22-17-9-12(2)23-18-13(17)6-4-7-14(18)19(21)24/h3-9H,10H2,1-2H3,(H2,21,24)(H,22,23). The van der Waals surface area contributed by atoms with Crippen molar-refractivity contribution in [2.45, 2.75) is 20.4 Å². The van der Waals surface area contributed by atoms with E-state index in [1.165, 1.54) is 0 Å². The van der Waals surface area contributed by atoms with Gasteiger partial charge in [0.2, 0.25) is 0 Å². The molecule has 0 unspecified atom stereocenters. The fourth-order valence-corrected chi connectivity index (χ4v) is 3.08. The number of nitrogens with zero attached hydrogens (tertiary/aromatic N) is 1. The minimum Gasteiger partial charge on any atom is -0.380 e. The summed E-state index contributed by atoms with van der Waals surface area (Å²) >= 11 is 6.30. The average molecular weight is 340 g/mol. The average Bonchev–Trinajstić information content (AvgIpc) is 2.53. The number of carbonyl (C=O) groups excluding carboxylic acids is 1. The van der Waals surface area contributed by atoms with Crippen LogP contribution in [0.5, 0.6) is 0 Å². The molecule has 0 atom stereocenters. The van der Waals surface area contributed by atoms with Crippen molar-refractivity contribution in [3.63, 3.8) is 0 Å². The molecule has 0 aliphatic rings. The number of pyridine rings is 1. The molecule has 0 aliphatic carbocycles. The van der Waals surface area contributed by atoms with Gasteiger partial charge in [-0.1, -0.05) is 35.9 Å². The van der Waals surface area contributed by atoms with Crippen LogP contribution in [0.25, 0.3) is 10.9 Å². The Bertz CT molecular complexity index is 917. The van der Waals surface area contributed by atoms with Gasteiger partial charge in [-0.05, 0) is 43.2 Å². The number of hydrogen-bond acceptors (Lipinski definition) is 3. The van der Waals surface area contributed by atoms with Crippen LogP contribution in [0.3, 0.4) is 0 Å². The molecule has 3 rings (SSSR count). The normalized spacial score (nSPS) is 10.8. The smallest absolute Gasteiger partial charge is 0.250 e. The Hall–Kier alpha value is -2.59. The Balaban J connectivity index is 2.04. The topological polar surface area (TPSA) is 68.0 Å². The van der Waals surface area contributed by atoms with E-state index in [4.69, 9.17) is 17.3 Å². The number of hydrogen-bond donors (Lipinski definition) is 2. The number of rotatable bonds is 4. The third kappa shape index (κ3) is 3.05. The van der Waals surface area contributed by atoms with Gasteiger partial charge in [-0.15, -0.1) is 0 Å². The molecule has 24 heavy (non-hydrogen) atoms. The highest BCUT2D eigenvalue weighted by Crippen LogP contribution is 2.27. The van der Waals surface area contributed by atoms with Crippen LogP contribution in [0.1, 0.15) is 27.2 Å². The third-order valence-corrected chi connectivity index (χ3v) is 4.40. The summed E-state index contributed by atoms with van der Waals surface area (Å²) in [7, 11) is 0. The molecule has 0 fully saturated rings. The zero-order valence-corrected chi connectivity index (χ0v) is 14.3. The second kappa shape index (κ2) is 6.49. The van der Waals surface area contributed by atoms with Gasteiger partial charge in [-0.2, -0.15) is 0 Å². The number of nitrogens with two attached hydrogens (primary N) is 1. The van der Waals surface area contributed by atoms with E-state index in [2.05, 4.69) is 10.3 Å². The van der Waals surface area contributed by atoms with E-state index in [1.54, 1.807) is 6.07 Å². The number of carbonyl (C=O) groups is 1. The first-order valence-corrected chi connectivity index (χ1v) is 8.03. The number of primary amides is 1. The maximum Gasteiger partial charge on any atom is 0.250 e. The molecule has 0 bridgehead atoms. The van der Waals surface area contributed by atoms with E-state index in [0.717, 1.165) is 32.9 Å². The van der Waals surface area contributed by atoms with Crippen molar-refractivity contribution in [3.05, 3.63) is 69.9 Å². The summed E-state index contributed by atoms with van der Waals surface area (Å²) in [5.41, 5.74) is 10.4. The Morgan fingerprint density at radius 1 is 1.21 bits per heavy atom. The van der Waals surface area contributed by atoms with Crippen molar-refractivity contribution in [3.8, 4) is 0 Å². The Kier molecular flexibility index (Phi) is 4.40. The van der Waals surface area contributed by atoms with Crippen molar-refractivity contribution in [1.29, 1.82) is 0 Å². The molecule has 1 amide bonds. The Labute approximate surface area is 145 Å². The zero-order valence-electron chi connectivity index (χ0n) is 13.6. The lowest BCUT2D eigenvalue weighted by Crippen LogP contribution is -2.12. The van der Waals surface area contributed by atoms with E-state index >= 15 is 0 Å². The first-order chi connectivity index (χ1) is 11.5. The van der Waals surface area contributed by atoms with E-state index in [9.17, 15) is 4.79 Å². The van der Waals surface area contributed by atoms with Crippen LogP contribution in [0.15, 0.2) is 42.5 Å². The second-order valence-corrected chi connectivity index (χ2v) is 6.17. The van der Waals surface area contributed by atoms with E-state index in [1.807, 2.05) is 50.2 Å². The minimum atomic E-state index is -0.480. The molecule has 5 heteroatoms. The number of benzene rings is 2. The molecule has 0 radical (unpaired) electrons. The summed E-state index contributed by atoms with van der Waals surface area (Å²) < 4.78 is 0. The molecule has 1 aromatic heterocycles. The van der Waals surface area contributed by atoms with Crippen LogP contribution in [-0.4, -0.2) is 10.9 Å². The van der Waals surface area contributed by atoms with E-state index < -0.39 is 5.91 Å². The lowest BCUT2D eigenvalue weighted by atomic mass is 10.1. The van der Waals surface area contributed by atoms with Crippen LogP contribution in [0, 0.1) is 13.8 Å². The fourth-order valence-electron chi connectivity index (χ4n) is 2.80. The predicted molar refractivity (Wildman–Crippen MR) is 98.5 cm³/mol. The molecule has 122 valence electrons. The maximum absolute atomic E-state index is 11.7. The van der Waals surface area contributed by atoms with Gasteiger partial charge in [0.05, 0.1) is 11.1 Å². The second-order valence-electron chi connectivity index (χ2n) is 5.77. The number of anilines is 1. The van der Waals surface area contributed by atoms with Crippen molar-refractivity contribution in [2.75, 3.05) is 5.32 Å². The van der Waals surface area contributed by atoms with Crippen molar-refractivity contribution in [2.24, 2.45) is 5.73 Å². The number of halogens is 1. The number of aryl methyl sites for hydroxylation is 2. The van der Waals surface area contributed by atoms with Crippen molar-refractivity contribution < 1.29 is 4.79 Å². The summed E-state index contributed by atoms with van der Waals surface area (Å²) in [6.45, 7) is 4.51. The van der Waals surface area contributed by atoms with Gasteiger partial charge in [0.15, 0.2) is 0 Å². The molecule has 3 aromatic rings. The minimum absolute atomic E-state index is 0.424. The quantitative estimate of drug-likeness (QED) is 0.748. The number of para-hydroxylation sites is 1. The van der Waals surface area contributed by atoms with Crippen LogP contribution < -0.4 is 11.1 Å². The number of fused-ring (bicyclic) bond motifs is 1. The molecule has 2 aromatic carbocycles. The molecule has 0 saturated carbocycles. The highest BCUT2D eigenvalue weighted by atomic mass is 35.5. The van der Waals surface area contributed by atoms with Gasteiger partial charge in [0, 0.05) is 28.3 Å². The van der Waals surface area contributed by atoms with E-state index in [-0.39, 0.29) is 0 Å². The molecule has 0 aliphatic heterocycles. The summed E-state index contributed by atoms with van der Waals surface area (Å²) in [5.74, 6) is -0.480. The van der Waals surface area contributed by atoms with Gasteiger partial charge in [0.1, 0.15) is 0 Å². The summed E-state index contributed by atoms with van der Waals surface area (Å²) in [6.07, 6.45) is 0. The van der Waals surface area contributed by atoms with Crippen molar-refractivity contribution >= 4 is 34.1 Å². The summed E-state index contributed by atoms with van der Waals surface area (Å²) in [5, 5.41) is 5.01. The molecule has 3 N–H and O–H groups in total. The van der Waals surface area contributed by atoms with Gasteiger partial charge in [-0.3, -0.25) is 9.78 Å². The molecule has 0 saturated heterocycles. The summed E-state index contributed by atoms with van der Waals surface area (Å²) in [4.78, 5) is 16.1. The zero-order chi connectivity index (χ0) is 17.3. The molecule has 1 heterocycles. The molecular weight excluding hydrogens is 322 g/mol. The van der Waals surface area contributed by atoms with Crippen molar-refractivity contribution in [1.82, 2.24) is 4.98 Å². The lowest BCUT2D eigenvalue weighted by Gasteiger charge is -2.14. The molecule has 0 spiro atoms. The van der Waals surface area contributed by atoms with Crippen LogP contribution >= 0.6 is 11.6 Å². The fraction of sp³-hybridized carbons (Fsp3) is 0.158. The van der Waals surface area contributed by atoms with Crippen LogP contribution in [0.2, 0.25) is 5.02 Å². The van der Waals surface area contributed by atoms with Gasteiger partial charge >= 0.3 is 0 Å². The molecular formula is C19H18ClN3O. The highest BCUT2D eigenvalue weighted by molar-refractivity contribution is 6.31. The van der Waals surface area contributed by atoms with E-state index in [0.29, 0.717) is 17.6 Å². The summed E-state index contributed by atoms with van der Waals surface area (Å²) in [6, 6.07) is 13.2. The van der Waals surface area contributed by atoms with Gasteiger partial charge in [-0.25, -0.2) is 0 Å². The third-order valence-electron chi connectivity index (χ3n) is 4.04. The maximum atomic E-state index is 11.7. The lowest BCUT2D eigenvalue weighted by molar-refractivity contribution is 0.100. The predicted octanol–water partition coefficient (Wildman–Crippen LogP) is 4.22. The Morgan fingerprint density at radius 3 is 2.67 bits per heavy atom. The number of nitrogens with one attached hydrogen (secondary N) is 1. The first-order valence-electron chi connectivity index (χ1n) is 7.65. The monoisotopic (exact) mass is 339 g/mol. The highest BCUT2D eigenvalue weighted by Gasteiger charge is 2.12.